The minimum absolute atomic E-state index is 0.0623. The van der Waals surface area contributed by atoms with Crippen LogP contribution in [0, 0.1) is 0 Å². The van der Waals surface area contributed by atoms with E-state index in [0.717, 1.165) is 18.4 Å². The van der Waals surface area contributed by atoms with Gasteiger partial charge < -0.3 is 4.74 Å². The second-order valence-corrected chi connectivity index (χ2v) is 6.47. The summed E-state index contributed by atoms with van der Waals surface area (Å²) in [7, 11) is 1.72. The summed E-state index contributed by atoms with van der Waals surface area (Å²) in [5, 5.41) is 0. The van der Waals surface area contributed by atoms with E-state index in [1.165, 1.54) is 51.4 Å². The molecule has 2 heteroatoms. The fraction of sp³-hybridized carbons (Fsp3) is 0.667. The van der Waals surface area contributed by atoms with Crippen LogP contribution < -0.4 is 0 Å². The molecule has 23 heavy (non-hydrogen) atoms. The molecule has 0 aliphatic heterocycles. The molecule has 130 valence electrons. The van der Waals surface area contributed by atoms with Crippen molar-refractivity contribution < 1.29 is 9.53 Å². The number of methoxy groups -OCH3 is 1. The van der Waals surface area contributed by atoms with E-state index in [9.17, 15) is 4.79 Å². The molecule has 0 radical (unpaired) electrons. The summed E-state index contributed by atoms with van der Waals surface area (Å²) < 4.78 is 5.49. The number of carbonyl (C=O) groups is 1. The molecule has 1 unspecified atom stereocenters. The van der Waals surface area contributed by atoms with E-state index in [-0.39, 0.29) is 11.9 Å². The van der Waals surface area contributed by atoms with Crippen LogP contribution in [0.2, 0.25) is 0 Å². The maximum atomic E-state index is 12.2. The van der Waals surface area contributed by atoms with E-state index in [2.05, 4.69) is 6.92 Å². The van der Waals surface area contributed by atoms with Gasteiger partial charge in [0.15, 0.2) is 5.78 Å². The van der Waals surface area contributed by atoms with Crippen LogP contribution in [-0.4, -0.2) is 19.0 Å². The molecule has 0 fully saturated rings. The zero-order valence-corrected chi connectivity index (χ0v) is 15.1. The number of hydrogen-bond donors (Lipinski definition) is 0. The molecule has 0 N–H and O–H groups in total. The van der Waals surface area contributed by atoms with Crippen molar-refractivity contribution in [3.05, 3.63) is 35.9 Å². The Morgan fingerprint density at radius 3 is 2.04 bits per heavy atom. The summed E-state index contributed by atoms with van der Waals surface area (Å²) >= 11 is 0. The monoisotopic (exact) mass is 318 g/mol. The van der Waals surface area contributed by atoms with Gasteiger partial charge >= 0.3 is 0 Å². The maximum absolute atomic E-state index is 12.2. The largest absolute Gasteiger partial charge is 0.381 e. The fourth-order valence-electron chi connectivity index (χ4n) is 2.93. The third-order valence-corrected chi connectivity index (χ3v) is 4.47. The molecule has 0 bridgehead atoms. The van der Waals surface area contributed by atoms with Gasteiger partial charge in [0.05, 0.1) is 6.10 Å². The molecule has 0 aromatic heterocycles. The Balaban J connectivity index is 2.09. The van der Waals surface area contributed by atoms with Crippen molar-refractivity contribution in [3.8, 4) is 0 Å². The van der Waals surface area contributed by atoms with Gasteiger partial charge in [-0.25, -0.2) is 0 Å². The SMILES string of the molecule is CCCCCCCCCCCC(CC(=O)c1ccccc1)OC. The van der Waals surface area contributed by atoms with E-state index in [1.54, 1.807) is 7.11 Å². The summed E-state index contributed by atoms with van der Waals surface area (Å²) in [5.74, 6) is 0.188. The average molecular weight is 319 g/mol. The van der Waals surface area contributed by atoms with Crippen LogP contribution in [0.15, 0.2) is 30.3 Å². The zero-order chi connectivity index (χ0) is 16.8. The highest BCUT2D eigenvalue weighted by atomic mass is 16.5. The van der Waals surface area contributed by atoms with Crippen LogP contribution in [0.3, 0.4) is 0 Å². The van der Waals surface area contributed by atoms with Crippen molar-refractivity contribution >= 4 is 5.78 Å². The number of benzene rings is 1. The van der Waals surface area contributed by atoms with Gasteiger partial charge in [0.2, 0.25) is 0 Å². The molecule has 1 aromatic carbocycles. The lowest BCUT2D eigenvalue weighted by Crippen LogP contribution is -2.16. The minimum atomic E-state index is 0.0623. The number of Topliss-reactive ketones (excluding diaryl/α,β-unsaturated/α-hetero) is 1. The third kappa shape index (κ3) is 9.55. The lowest BCUT2D eigenvalue weighted by molar-refractivity contribution is 0.0687. The average Bonchev–Trinajstić information content (AvgIpc) is 2.59. The number of hydrogen-bond acceptors (Lipinski definition) is 2. The van der Waals surface area contributed by atoms with Gasteiger partial charge in [-0.05, 0) is 6.42 Å². The second kappa shape index (κ2) is 13.3. The number of unbranched alkanes of at least 4 members (excludes halogenated alkanes) is 8. The molecule has 2 nitrogen and oxygen atoms in total. The summed E-state index contributed by atoms with van der Waals surface area (Å²) in [6, 6.07) is 9.53. The highest BCUT2D eigenvalue weighted by Gasteiger charge is 2.14. The number of ketones is 1. The van der Waals surface area contributed by atoms with Crippen molar-refractivity contribution in [2.24, 2.45) is 0 Å². The van der Waals surface area contributed by atoms with E-state index < -0.39 is 0 Å². The molecular weight excluding hydrogens is 284 g/mol. The van der Waals surface area contributed by atoms with Gasteiger partial charge in [0, 0.05) is 19.1 Å². The van der Waals surface area contributed by atoms with Crippen LogP contribution in [0.25, 0.3) is 0 Å². The molecule has 1 atom stereocenters. The predicted octanol–water partition coefficient (Wildman–Crippen LogP) is 6.20. The fourth-order valence-corrected chi connectivity index (χ4v) is 2.93. The maximum Gasteiger partial charge on any atom is 0.165 e. The highest BCUT2D eigenvalue weighted by molar-refractivity contribution is 5.96. The predicted molar refractivity (Wildman–Crippen MR) is 98.0 cm³/mol. The molecule has 0 heterocycles. The van der Waals surface area contributed by atoms with Crippen molar-refractivity contribution in [1.82, 2.24) is 0 Å². The Bertz CT molecular complexity index is 400. The van der Waals surface area contributed by atoms with E-state index in [4.69, 9.17) is 4.74 Å². The smallest absolute Gasteiger partial charge is 0.165 e. The van der Waals surface area contributed by atoms with Crippen LogP contribution in [-0.2, 0) is 4.74 Å². The van der Waals surface area contributed by atoms with E-state index in [1.807, 2.05) is 30.3 Å². The first-order valence-electron chi connectivity index (χ1n) is 9.39. The molecule has 1 aromatic rings. The Morgan fingerprint density at radius 2 is 1.48 bits per heavy atom. The standard InChI is InChI=1S/C21H34O2/c1-3-4-5-6-7-8-9-10-14-17-20(23-2)18-21(22)19-15-12-11-13-16-19/h11-13,15-16,20H,3-10,14,17-18H2,1-2H3. The van der Waals surface area contributed by atoms with Crippen molar-refractivity contribution in [2.45, 2.75) is 83.7 Å². The summed E-state index contributed by atoms with van der Waals surface area (Å²) in [4.78, 5) is 12.2. The molecule has 0 aliphatic rings. The molecule has 0 saturated carbocycles. The molecular formula is C21H34O2. The Morgan fingerprint density at radius 1 is 0.913 bits per heavy atom. The van der Waals surface area contributed by atoms with Crippen molar-refractivity contribution in [2.75, 3.05) is 7.11 Å². The molecule has 0 aliphatic carbocycles. The van der Waals surface area contributed by atoms with Gasteiger partial charge in [-0.3, -0.25) is 4.79 Å². The number of carbonyl (C=O) groups excluding carboxylic acids is 1. The molecule has 0 amide bonds. The molecule has 1 rings (SSSR count). The number of rotatable bonds is 14. The van der Waals surface area contributed by atoms with Crippen LogP contribution in [0.5, 0.6) is 0 Å². The Hall–Kier alpha value is -1.15. The minimum Gasteiger partial charge on any atom is -0.381 e. The summed E-state index contributed by atoms with van der Waals surface area (Å²) in [6.07, 6.45) is 13.5. The van der Waals surface area contributed by atoms with Gasteiger partial charge in [-0.1, -0.05) is 95.0 Å². The molecule has 0 saturated heterocycles. The quantitative estimate of drug-likeness (QED) is 0.302. The van der Waals surface area contributed by atoms with Crippen LogP contribution in [0.1, 0.15) is 87.9 Å². The van der Waals surface area contributed by atoms with Gasteiger partial charge in [0.1, 0.15) is 0 Å². The first-order valence-corrected chi connectivity index (χ1v) is 9.39. The highest BCUT2D eigenvalue weighted by Crippen LogP contribution is 2.15. The van der Waals surface area contributed by atoms with Crippen molar-refractivity contribution in [3.63, 3.8) is 0 Å². The van der Waals surface area contributed by atoms with Crippen LogP contribution in [0.4, 0.5) is 0 Å². The first-order chi connectivity index (χ1) is 11.3. The zero-order valence-electron chi connectivity index (χ0n) is 15.1. The first kappa shape index (κ1) is 19.9. The lowest BCUT2D eigenvalue weighted by Gasteiger charge is -2.14. The number of ether oxygens (including phenoxy) is 1. The van der Waals surface area contributed by atoms with E-state index in [0.29, 0.717) is 6.42 Å². The van der Waals surface area contributed by atoms with Gasteiger partial charge in [0.25, 0.3) is 0 Å². The van der Waals surface area contributed by atoms with Crippen molar-refractivity contribution in [1.29, 1.82) is 0 Å². The Kier molecular flexibility index (Phi) is 11.5. The third-order valence-electron chi connectivity index (χ3n) is 4.47. The summed E-state index contributed by atoms with van der Waals surface area (Å²) in [6.45, 7) is 2.26. The lowest BCUT2D eigenvalue weighted by atomic mass is 10.0. The topological polar surface area (TPSA) is 26.3 Å². The van der Waals surface area contributed by atoms with E-state index >= 15 is 0 Å². The van der Waals surface area contributed by atoms with Gasteiger partial charge in [-0.2, -0.15) is 0 Å². The van der Waals surface area contributed by atoms with Crippen LogP contribution >= 0.6 is 0 Å². The normalized spacial score (nSPS) is 12.3. The molecule has 0 spiro atoms. The van der Waals surface area contributed by atoms with Gasteiger partial charge in [-0.15, -0.1) is 0 Å². The Labute approximate surface area is 142 Å². The summed E-state index contributed by atoms with van der Waals surface area (Å²) in [5.41, 5.74) is 0.793. The second-order valence-electron chi connectivity index (χ2n) is 6.47.